The molecule has 0 aliphatic carbocycles. The number of carboxylic acid groups (broad SMARTS) is 1. The molecule has 2 aromatic rings. The van der Waals surface area contributed by atoms with Gasteiger partial charge in [0.2, 0.25) is 0 Å². The summed E-state index contributed by atoms with van der Waals surface area (Å²) in [7, 11) is 0. The minimum absolute atomic E-state index is 0.0213. The van der Waals surface area contributed by atoms with E-state index < -0.39 is 16.8 Å². The van der Waals surface area contributed by atoms with Gasteiger partial charge < -0.3 is 10.4 Å². The molecule has 8 heteroatoms. The lowest BCUT2D eigenvalue weighted by Crippen LogP contribution is -2.13. The average molecular weight is 335 g/mol. The van der Waals surface area contributed by atoms with Crippen molar-refractivity contribution in [2.24, 2.45) is 0 Å². The van der Waals surface area contributed by atoms with E-state index in [0.29, 0.717) is 11.3 Å². The van der Waals surface area contributed by atoms with Gasteiger partial charge in [0.25, 0.3) is 11.6 Å². The van der Waals surface area contributed by atoms with Crippen LogP contribution >= 0.6 is 11.6 Å². The lowest BCUT2D eigenvalue weighted by atomic mass is 10.1. The standard InChI is InChI=1S/C15H11ClN2O5/c1-8-2-3-10(15(20)21)6-12(8)17-14(19)9-4-5-11(16)13(7-9)18(22)23/h2-7H,1H3,(H,17,19)(H,20,21). The van der Waals surface area contributed by atoms with Gasteiger partial charge in [0, 0.05) is 17.3 Å². The highest BCUT2D eigenvalue weighted by molar-refractivity contribution is 6.32. The number of nitrogens with zero attached hydrogens (tertiary/aromatic N) is 1. The fraction of sp³-hybridized carbons (Fsp3) is 0.0667. The predicted octanol–water partition coefficient (Wildman–Crippen LogP) is 3.51. The van der Waals surface area contributed by atoms with Crippen LogP contribution in [0.2, 0.25) is 5.02 Å². The number of hydrogen-bond acceptors (Lipinski definition) is 4. The Kier molecular flexibility index (Phi) is 4.61. The van der Waals surface area contributed by atoms with Gasteiger partial charge in [-0.1, -0.05) is 17.7 Å². The zero-order valence-electron chi connectivity index (χ0n) is 11.9. The van der Waals surface area contributed by atoms with E-state index >= 15 is 0 Å². The number of halogens is 1. The number of carbonyl (C=O) groups is 2. The molecule has 118 valence electrons. The predicted molar refractivity (Wildman–Crippen MR) is 84.2 cm³/mol. The number of nitrogens with one attached hydrogen (secondary N) is 1. The second-order valence-corrected chi connectivity index (χ2v) is 5.12. The third-order valence-corrected chi connectivity index (χ3v) is 3.46. The molecule has 2 rings (SSSR count). The lowest BCUT2D eigenvalue weighted by Gasteiger charge is -2.09. The molecular weight excluding hydrogens is 324 g/mol. The molecular formula is C15H11ClN2O5. The summed E-state index contributed by atoms with van der Waals surface area (Å²) in [5.74, 6) is -1.72. The van der Waals surface area contributed by atoms with Gasteiger partial charge in [-0.25, -0.2) is 4.79 Å². The Bertz CT molecular complexity index is 820. The molecule has 0 aromatic heterocycles. The summed E-state index contributed by atoms with van der Waals surface area (Å²) in [6.07, 6.45) is 0. The van der Waals surface area contributed by atoms with E-state index in [-0.39, 0.29) is 21.8 Å². The van der Waals surface area contributed by atoms with E-state index in [9.17, 15) is 19.7 Å². The maximum atomic E-state index is 12.2. The summed E-state index contributed by atoms with van der Waals surface area (Å²) in [5.41, 5.74) is 0.656. The minimum atomic E-state index is -1.12. The third kappa shape index (κ3) is 3.64. The van der Waals surface area contributed by atoms with Crippen LogP contribution < -0.4 is 5.32 Å². The second-order valence-electron chi connectivity index (χ2n) is 4.71. The summed E-state index contributed by atoms with van der Waals surface area (Å²) in [6, 6.07) is 7.97. The Labute approximate surface area is 135 Å². The van der Waals surface area contributed by atoms with Crippen LogP contribution in [-0.2, 0) is 0 Å². The van der Waals surface area contributed by atoms with E-state index in [0.717, 1.165) is 6.07 Å². The van der Waals surface area contributed by atoms with Crippen molar-refractivity contribution in [3.63, 3.8) is 0 Å². The summed E-state index contributed by atoms with van der Waals surface area (Å²) in [6.45, 7) is 1.70. The maximum Gasteiger partial charge on any atom is 0.335 e. The van der Waals surface area contributed by atoms with Crippen LogP contribution in [0.4, 0.5) is 11.4 Å². The summed E-state index contributed by atoms with van der Waals surface area (Å²) >= 11 is 5.70. The molecule has 0 spiro atoms. The van der Waals surface area contributed by atoms with Gasteiger partial charge in [-0.2, -0.15) is 0 Å². The zero-order valence-corrected chi connectivity index (χ0v) is 12.6. The van der Waals surface area contributed by atoms with E-state index in [1.807, 2.05) is 0 Å². The first-order chi connectivity index (χ1) is 10.8. The Hall–Kier alpha value is -2.93. The van der Waals surface area contributed by atoms with E-state index in [4.69, 9.17) is 16.7 Å². The molecule has 0 saturated heterocycles. The fourth-order valence-electron chi connectivity index (χ4n) is 1.88. The van der Waals surface area contributed by atoms with Crippen LogP contribution in [0, 0.1) is 17.0 Å². The van der Waals surface area contributed by atoms with Crippen molar-refractivity contribution in [3.05, 3.63) is 68.2 Å². The van der Waals surface area contributed by atoms with Crippen molar-refractivity contribution in [2.45, 2.75) is 6.92 Å². The molecule has 2 aromatic carbocycles. The number of aromatic carboxylic acids is 1. The maximum absolute atomic E-state index is 12.2. The van der Waals surface area contributed by atoms with Crippen molar-refractivity contribution in [3.8, 4) is 0 Å². The number of aryl methyl sites for hydroxylation is 1. The molecule has 7 nitrogen and oxygen atoms in total. The zero-order chi connectivity index (χ0) is 17.1. The van der Waals surface area contributed by atoms with Gasteiger partial charge in [0.05, 0.1) is 10.5 Å². The van der Waals surface area contributed by atoms with Crippen LogP contribution in [0.5, 0.6) is 0 Å². The minimum Gasteiger partial charge on any atom is -0.478 e. The number of carboxylic acids is 1. The molecule has 0 atom stereocenters. The van der Waals surface area contributed by atoms with Gasteiger partial charge in [-0.3, -0.25) is 14.9 Å². The van der Waals surface area contributed by atoms with Gasteiger partial charge in [-0.15, -0.1) is 0 Å². The normalized spacial score (nSPS) is 10.2. The highest BCUT2D eigenvalue weighted by atomic mass is 35.5. The number of carbonyl (C=O) groups excluding carboxylic acids is 1. The summed E-state index contributed by atoms with van der Waals surface area (Å²) in [4.78, 5) is 33.4. The van der Waals surface area contributed by atoms with Crippen LogP contribution in [0.1, 0.15) is 26.3 Å². The van der Waals surface area contributed by atoms with Crippen LogP contribution in [0.15, 0.2) is 36.4 Å². The number of hydrogen-bond donors (Lipinski definition) is 2. The molecule has 0 heterocycles. The summed E-state index contributed by atoms with van der Waals surface area (Å²) < 4.78 is 0. The highest BCUT2D eigenvalue weighted by Gasteiger charge is 2.17. The van der Waals surface area contributed by atoms with E-state index in [1.165, 1.54) is 24.3 Å². The van der Waals surface area contributed by atoms with Crippen molar-refractivity contribution in [1.29, 1.82) is 0 Å². The van der Waals surface area contributed by atoms with E-state index in [2.05, 4.69) is 5.32 Å². The molecule has 0 bridgehead atoms. The smallest absolute Gasteiger partial charge is 0.335 e. The molecule has 0 radical (unpaired) electrons. The first-order valence-corrected chi connectivity index (χ1v) is 6.76. The summed E-state index contributed by atoms with van der Waals surface area (Å²) in [5, 5.41) is 22.3. The first-order valence-electron chi connectivity index (χ1n) is 6.39. The van der Waals surface area contributed by atoms with Crippen molar-refractivity contribution < 1.29 is 19.6 Å². The SMILES string of the molecule is Cc1ccc(C(=O)O)cc1NC(=O)c1ccc(Cl)c([N+](=O)[O-])c1. The number of nitro benzene ring substituents is 1. The quantitative estimate of drug-likeness (QED) is 0.656. The van der Waals surface area contributed by atoms with Crippen LogP contribution in [-0.4, -0.2) is 21.9 Å². The number of rotatable bonds is 4. The number of anilines is 1. The average Bonchev–Trinajstić information content (AvgIpc) is 2.49. The molecule has 0 fully saturated rings. The molecule has 0 saturated carbocycles. The molecule has 1 amide bonds. The Morgan fingerprint density at radius 1 is 1.17 bits per heavy atom. The van der Waals surface area contributed by atoms with Crippen molar-refractivity contribution in [2.75, 3.05) is 5.32 Å². The number of nitro groups is 1. The van der Waals surface area contributed by atoms with Gasteiger partial charge >= 0.3 is 5.97 Å². The monoisotopic (exact) mass is 334 g/mol. The van der Waals surface area contributed by atoms with Gasteiger partial charge in [0.1, 0.15) is 5.02 Å². The van der Waals surface area contributed by atoms with Crippen molar-refractivity contribution in [1.82, 2.24) is 0 Å². The Morgan fingerprint density at radius 2 is 1.83 bits per heavy atom. The third-order valence-electron chi connectivity index (χ3n) is 3.14. The van der Waals surface area contributed by atoms with Crippen LogP contribution in [0.3, 0.4) is 0 Å². The second kappa shape index (κ2) is 6.45. The molecule has 23 heavy (non-hydrogen) atoms. The molecule has 0 aliphatic rings. The number of amides is 1. The topological polar surface area (TPSA) is 110 Å². The fourth-order valence-corrected chi connectivity index (χ4v) is 2.06. The van der Waals surface area contributed by atoms with Gasteiger partial charge in [0.15, 0.2) is 0 Å². The molecule has 0 aliphatic heterocycles. The Balaban J connectivity index is 2.33. The van der Waals surface area contributed by atoms with E-state index in [1.54, 1.807) is 13.0 Å². The Morgan fingerprint density at radius 3 is 2.43 bits per heavy atom. The van der Waals surface area contributed by atoms with Crippen molar-refractivity contribution >= 4 is 34.9 Å². The highest BCUT2D eigenvalue weighted by Crippen LogP contribution is 2.26. The van der Waals surface area contributed by atoms with Gasteiger partial charge in [-0.05, 0) is 36.8 Å². The molecule has 0 unspecified atom stereocenters. The van der Waals surface area contributed by atoms with Crippen LogP contribution in [0.25, 0.3) is 0 Å². The molecule has 2 N–H and O–H groups in total. The largest absolute Gasteiger partial charge is 0.478 e. The first kappa shape index (κ1) is 16.4. The number of benzene rings is 2. The lowest BCUT2D eigenvalue weighted by molar-refractivity contribution is -0.384.